The second-order valence-corrected chi connectivity index (χ2v) is 3.36. The third kappa shape index (κ3) is 1.93. The van der Waals surface area contributed by atoms with Crippen LogP contribution in [0.3, 0.4) is 0 Å². The van der Waals surface area contributed by atoms with Crippen LogP contribution in [-0.2, 0) is 0 Å². The van der Waals surface area contributed by atoms with Crippen molar-refractivity contribution in [2.45, 2.75) is 26.3 Å². The average molecular weight is 193 g/mol. The van der Waals surface area contributed by atoms with E-state index in [2.05, 4.69) is 0 Å². The molecule has 1 atom stereocenters. The number of nitrogens with two attached hydrogens (primary N) is 1. The van der Waals surface area contributed by atoms with Gasteiger partial charge in [0.25, 0.3) is 0 Å². The summed E-state index contributed by atoms with van der Waals surface area (Å²) in [5.41, 5.74) is 7.89. The lowest BCUT2D eigenvalue weighted by atomic mass is 9.94. The van der Waals surface area contributed by atoms with Crippen LogP contribution in [0.2, 0.25) is 0 Å². The standard InChI is InChI=1S/C11H15NO2/c1-3-9(12)10-7(2)5-4-6-8(10)11(13)14/h4-6,9H,3,12H2,1-2H3,(H,13,14)/t9-/m0/s1. The molecular weight excluding hydrogens is 178 g/mol. The van der Waals surface area contributed by atoms with Gasteiger partial charge in [0.15, 0.2) is 0 Å². The predicted octanol–water partition coefficient (Wildman–Crippen LogP) is 2.10. The number of aryl methyl sites for hydroxylation is 1. The molecule has 76 valence electrons. The largest absolute Gasteiger partial charge is 0.478 e. The van der Waals surface area contributed by atoms with Gasteiger partial charge in [0.1, 0.15) is 0 Å². The fraction of sp³-hybridized carbons (Fsp3) is 0.364. The predicted molar refractivity (Wildman–Crippen MR) is 55.4 cm³/mol. The Bertz CT molecular complexity index is 347. The van der Waals surface area contributed by atoms with Crippen LogP contribution in [0.15, 0.2) is 18.2 Å². The monoisotopic (exact) mass is 193 g/mol. The van der Waals surface area contributed by atoms with Gasteiger partial charge in [-0.15, -0.1) is 0 Å². The van der Waals surface area contributed by atoms with E-state index in [1.807, 2.05) is 19.9 Å². The fourth-order valence-corrected chi connectivity index (χ4v) is 1.56. The van der Waals surface area contributed by atoms with E-state index in [-0.39, 0.29) is 6.04 Å². The highest BCUT2D eigenvalue weighted by molar-refractivity contribution is 5.90. The minimum Gasteiger partial charge on any atom is -0.478 e. The first-order valence-electron chi connectivity index (χ1n) is 4.66. The summed E-state index contributed by atoms with van der Waals surface area (Å²) in [7, 11) is 0. The Morgan fingerprint density at radius 2 is 2.21 bits per heavy atom. The van der Waals surface area contributed by atoms with Gasteiger partial charge in [0.05, 0.1) is 5.56 Å². The smallest absolute Gasteiger partial charge is 0.336 e. The highest BCUT2D eigenvalue weighted by atomic mass is 16.4. The van der Waals surface area contributed by atoms with Crippen molar-refractivity contribution in [3.8, 4) is 0 Å². The highest BCUT2D eigenvalue weighted by Gasteiger charge is 2.16. The molecule has 14 heavy (non-hydrogen) atoms. The molecule has 3 heteroatoms. The molecular formula is C11H15NO2. The number of hydrogen-bond acceptors (Lipinski definition) is 2. The molecule has 0 fully saturated rings. The van der Waals surface area contributed by atoms with Crippen LogP contribution in [0.1, 0.15) is 40.9 Å². The number of aromatic carboxylic acids is 1. The Kier molecular flexibility index (Phi) is 3.25. The Morgan fingerprint density at radius 1 is 1.57 bits per heavy atom. The first-order chi connectivity index (χ1) is 6.57. The second kappa shape index (κ2) is 4.24. The van der Waals surface area contributed by atoms with Crippen LogP contribution in [0.4, 0.5) is 0 Å². The summed E-state index contributed by atoms with van der Waals surface area (Å²) in [4.78, 5) is 10.9. The molecule has 3 nitrogen and oxygen atoms in total. The maximum Gasteiger partial charge on any atom is 0.336 e. The Morgan fingerprint density at radius 3 is 2.71 bits per heavy atom. The summed E-state index contributed by atoms with van der Waals surface area (Å²) in [5.74, 6) is -0.910. The van der Waals surface area contributed by atoms with Gasteiger partial charge in [-0.05, 0) is 30.5 Å². The van der Waals surface area contributed by atoms with E-state index in [9.17, 15) is 4.79 Å². The lowest BCUT2D eigenvalue weighted by Gasteiger charge is -2.15. The second-order valence-electron chi connectivity index (χ2n) is 3.36. The zero-order chi connectivity index (χ0) is 10.7. The molecule has 0 bridgehead atoms. The number of carboxylic acids is 1. The summed E-state index contributed by atoms with van der Waals surface area (Å²) in [6, 6.07) is 5.03. The lowest BCUT2D eigenvalue weighted by Crippen LogP contribution is -2.15. The molecule has 1 aromatic carbocycles. The van der Waals surface area contributed by atoms with Gasteiger partial charge in [0.2, 0.25) is 0 Å². The molecule has 0 aliphatic carbocycles. The third-order valence-corrected chi connectivity index (χ3v) is 2.37. The lowest BCUT2D eigenvalue weighted by molar-refractivity contribution is 0.0695. The van der Waals surface area contributed by atoms with E-state index >= 15 is 0 Å². The topological polar surface area (TPSA) is 63.3 Å². The quantitative estimate of drug-likeness (QED) is 0.772. The molecule has 3 N–H and O–H groups in total. The first kappa shape index (κ1) is 10.7. The van der Waals surface area contributed by atoms with Crippen LogP contribution in [-0.4, -0.2) is 11.1 Å². The van der Waals surface area contributed by atoms with E-state index in [0.717, 1.165) is 17.5 Å². The van der Waals surface area contributed by atoms with Crippen molar-refractivity contribution in [1.29, 1.82) is 0 Å². The Hall–Kier alpha value is -1.35. The molecule has 0 unspecified atom stereocenters. The Labute approximate surface area is 83.6 Å². The Balaban J connectivity index is 3.29. The van der Waals surface area contributed by atoms with E-state index < -0.39 is 5.97 Å². The van der Waals surface area contributed by atoms with Gasteiger partial charge in [0, 0.05) is 6.04 Å². The molecule has 0 aromatic heterocycles. The van der Waals surface area contributed by atoms with E-state index in [1.165, 1.54) is 0 Å². The van der Waals surface area contributed by atoms with Gasteiger partial charge in [-0.2, -0.15) is 0 Å². The average Bonchev–Trinajstić information content (AvgIpc) is 2.16. The maximum absolute atomic E-state index is 10.9. The minimum atomic E-state index is -0.910. The van der Waals surface area contributed by atoms with Crippen molar-refractivity contribution in [3.05, 3.63) is 34.9 Å². The van der Waals surface area contributed by atoms with Crippen molar-refractivity contribution < 1.29 is 9.90 Å². The van der Waals surface area contributed by atoms with E-state index in [4.69, 9.17) is 10.8 Å². The summed E-state index contributed by atoms with van der Waals surface area (Å²) in [6.07, 6.45) is 0.741. The third-order valence-electron chi connectivity index (χ3n) is 2.37. The van der Waals surface area contributed by atoms with Crippen molar-refractivity contribution in [1.82, 2.24) is 0 Å². The van der Waals surface area contributed by atoms with E-state index in [1.54, 1.807) is 12.1 Å². The number of hydrogen-bond donors (Lipinski definition) is 2. The molecule has 0 amide bonds. The zero-order valence-electron chi connectivity index (χ0n) is 8.45. The van der Waals surface area contributed by atoms with Crippen LogP contribution in [0.5, 0.6) is 0 Å². The molecule has 0 spiro atoms. The molecule has 0 aliphatic heterocycles. The van der Waals surface area contributed by atoms with Gasteiger partial charge < -0.3 is 10.8 Å². The summed E-state index contributed by atoms with van der Waals surface area (Å²) in [6.45, 7) is 3.83. The maximum atomic E-state index is 10.9. The highest BCUT2D eigenvalue weighted by Crippen LogP contribution is 2.22. The fourth-order valence-electron chi connectivity index (χ4n) is 1.56. The van der Waals surface area contributed by atoms with Crippen LogP contribution in [0.25, 0.3) is 0 Å². The van der Waals surface area contributed by atoms with Gasteiger partial charge >= 0.3 is 5.97 Å². The number of carbonyl (C=O) groups is 1. The molecule has 0 aliphatic rings. The zero-order valence-corrected chi connectivity index (χ0v) is 8.45. The van der Waals surface area contributed by atoms with Gasteiger partial charge in [-0.3, -0.25) is 0 Å². The van der Waals surface area contributed by atoms with E-state index in [0.29, 0.717) is 5.56 Å². The molecule has 0 heterocycles. The van der Waals surface area contributed by atoms with Crippen molar-refractivity contribution >= 4 is 5.97 Å². The van der Waals surface area contributed by atoms with Crippen LogP contribution in [0, 0.1) is 6.92 Å². The molecule has 1 rings (SSSR count). The molecule has 0 radical (unpaired) electrons. The molecule has 0 saturated heterocycles. The van der Waals surface area contributed by atoms with Gasteiger partial charge in [-0.25, -0.2) is 4.79 Å². The molecule has 0 saturated carbocycles. The summed E-state index contributed by atoms with van der Waals surface area (Å²) in [5, 5.41) is 8.98. The van der Waals surface area contributed by atoms with Crippen molar-refractivity contribution in [2.24, 2.45) is 5.73 Å². The normalized spacial score (nSPS) is 12.5. The van der Waals surface area contributed by atoms with Crippen molar-refractivity contribution in [3.63, 3.8) is 0 Å². The van der Waals surface area contributed by atoms with Crippen LogP contribution >= 0.6 is 0 Å². The summed E-state index contributed by atoms with van der Waals surface area (Å²) < 4.78 is 0. The number of rotatable bonds is 3. The summed E-state index contributed by atoms with van der Waals surface area (Å²) >= 11 is 0. The number of carboxylic acid groups (broad SMARTS) is 1. The van der Waals surface area contributed by atoms with Gasteiger partial charge in [-0.1, -0.05) is 19.1 Å². The SMILES string of the molecule is CC[C@H](N)c1c(C)cccc1C(=O)O. The van der Waals surface area contributed by atoms with Crippen LogP contribution < -0.4 is 5.73 Å². The molecule has 1 aromatic rings. The minimum absolute atomic E-state index is 0.192. The number of benzene rings is 1. The first-order valence-corrected chi connectivity index (χ1v) is 4.66. The van der Waals surface area contributed by atoms with Crippen molar-refractivity contribution in [2.75, 3.05) is 0 Å².